The van der Waals surface area contributed by atoms with Gasteiger partial charge in [0, 0.05) is 48.3 Å². The molecule has 0 aliphatic rings. The number of ether oxygens (including phenoxy) is 6. The molecule has 0 aliphatic heterocycles. The lowest BCUT2D eigenvalue weighted by Gasteiger charge is -2.27. The molecule has 0 aliphatic carbocycles. The number of sulfonamides is 1. The van der Waals surface area contributed by atoms with Crippen molar-refractivity contribution in [2.75, 3.05) is 75.5 Å². The summed E-state index contributed by atoms with van der Waals surface area (Å²) in [5, 5.41) is 15.9. The predicted molar refractivity (Wildman–Crippen MR) is 226 cm³/mol. The van der Waals surface area contributed by atoms with Crippen molar-refractivity contribution in [1.29, 1.82) is 0 Å². The van der Waals surface area contributed by atoms with Gasteiger partial charge in [0.05, 0.1) is 57.4 Å². The molecule has 3 N–H and O–H groups in total. The molecule has 15 nitrogen and oxygen atoms in total. The van der Waals surface area contributed by atoms with Gasteiger partial charge >= 0.3 is 12.0 Å². The number of nitrogens with one attached hydrogen (secondary N) is 2. The van der Waals surface area contributed by atoms with Crippen molar-refractivity contribution in [3.8, 4) is 28.7 Å². The number of pyridine rings is 1. The minimum absolute atomic E-state index is 0.172. The summed E-state index contributed by atoms with van der Waals surface area (Å²) < 4.78 is 60.1. The Morgan fingerprint density at radius 2 is 1.49 bits per heavy atom. The molecule has 16 heteroatoms. The van der Waals surface area contributed by atoms with Crippen LogP contribution in [0.1, 0.15) is 37.6 Å². The zero-order chi connectivity index (χ0) is 42.7. The van der Waals surface area contributed by atoms with E-state index in [2.05, 4.69) is 15.6 Å². The van der Waals surface area contributed by atoms with Gasteiger partial charge in [-0.05, 0) is 59.0 Å². The highest BCUT2D eigenvalue weighted by atomic mass is 32.2. The molecule has 5 rings (SSSR count). The molecule has 0 saturated carbocycles. The molecule has 1 aromatic heterocycles. The van der Waals surface area contributed by atoms with E-state index in [0.717, 1.165) is 38.2 Å². The number of aromatic nitrogens is 1. The Bertz CT molecular complexity index is 2380. The summed E-state index contributed by atoms with van der Waals surface area (Å²) in [5.74, 6) is 1.49. The number of hydrogen-bond acceptors (Lipinski definition) is 11. The number of rotatable bonds is 19. The highest BCUT2D eigenvalue weighted by molar-refractivity contribution is 7.92. The maximum absolute atomic E-state index is 13.6. The molecule has 5 aromatic rings. The number of hydrogen-bond donors (Lipinski definition) is 3. The van der Waals surface area contributed by atoms with Crippen LogP contribution in [0.25, 0.3) is 10.8 Å². The Morgan fingerprint density at radius 1 is 0.797 bits per heavy atom. The van der Waals surface area contributed by atoms with Crippen molar-refractivity contribution in [2.45, 2.75) is 32.6 Å². The predicted octanol–water partition coefficient (Wildman–Crippen LogP) is 7.47. The number of benzene rings is 4. The highest BCUT2D eigenvalue weighted by Crippen LogP contribution is 2.41. The molecular formula is C43H50N4O11S. The number of fused-ring (bicyclic) bond motifs is 1. The van der Waals surface area contributed by atoms with Gasteiger partial charge in [-0.1, -0.05) is 45.0 Å². The van der Waals surface area contributed by atoms with Gasteiger partial charge < -0.3 is 44.2 Å². The van der Waals surface area contributed by atoms with E-state index in [9.17, 15) is 18.0 Å². The van der Waals surface area contributed by atoms with Crippen LogP contribution in [0.4, 0.5) is 21.9 Å². The van der Waals surface area contributed by atoms with Crippen molar-refractivity contribution in [3.05, 3.63) is 102 Å². The first-order valence-electron chi connectivity index (χ1n) is 18.6. The van der Waals surface area contributed by atoms with Crippen molar-refractivity contribution < 1.29 is 51.5 Å². The minimum Gasteiger partial charge on any atom is -0.497 e. The molecule has 1 heterocycles. The van der Waals surface area contributed by atoms with Crippen LogP contribution in [0.2, 0.25) is 0 Å². The Morgan fingerprint density at radius 3 is 2.19 bits per heavy atom. The Kier molecular flexibility index (Phi) is 14.6. The second kappa shape index (κ2) is 19.6. The SMILES string of the molecule is COc1cc(Cc2cc(Oc3ccc(NC(=O)Nc4cc(C(C)(C)C)cc(N(C)S(C)(=O)=O)c4OC)c4ccccc34)ccn2)cc(OCCOCCOCC(=O)O)c1. The summed E-state index contributed by atoms with van der Waals surface area (Å²) in [4.78, 5) is 28.7. The van der Waals surface area contributed by atoms with Gasteiger partial charge in [0.1, 0.15) is 36.2 Å². The fraction of sp³-hybridized carbons (Fsp3) is 0.326. The van der Waals surface area contributed by atoms with Crippen LogP contribution in [0.3, 0.4) is 0 Å². The minimum atomic E-state index is -3.64. The van der Waals surface area contributed by atoms with Gasteiger partial charge in [0.15, 0.2) is 5.75 Å². The molecule has 0 saturated heterocycles. The number of carbonyl (C=O) groups is 2. The summed E-state index contributed by atoms with van der Waals surface area (Å²) in [7, 11) is 0.797. The number of amides is 2. The third-order valence-electron chi connectivity index (χ3n) is 9.03. The lowest BCUT2D eigenvalue weighted by atomic mass is 9.86. The van der Waals surface area contributed by atoms with Crippen molar-refractivity contribution in [2.24, 2.45) is 0 Å². The van der Waals surface area contributed by atoms with Crippen LogP contribution in [0.15, 0.2) is 85.1 Å². The molecule has 59 heavy (non-hydrogen) atoms. The lowest BCUT2D eigenvalue weighted by molar-refractivity contribution is -0.142. The smallest absolute Gasteiger partial charge is 0.329 e. The molecule has 0 spiro atoms. The summed E-state index contributed by atoms with van der Waals surface area (Å²) in [6.45, 7) is 6.59. The molecule has 0 atom stereocenters. The molecule has 0 unspecified atom stereocenters. The average molecular weight is 831 g/mol. The number of methoxy groups -OCH3 is 2. The molecule has 0 fully saturated rings. The maximum atomic E-state index is 13.6. The van der Waals surface area contributed by atoms with Crippen LogP contribution in [-0.4, -0.2) is 91.1 Å². The van der Waals surface area contributed by atoms with Gasteiger partial charge in [-0.15, -0.1) is 0 Å². The Balaban J connectivity index is 1.29. The van der Waals surface area contributed by atoms with Crippen molar-refractivity contribution in [3.63, 3.8) is 0 Å². The zero-order valence-electron chi connectivity index (χ0n) is 34.2. The van der Waals surface area contributed by atoms with Gasteiger partial charge in [-0.2, -0.15) is 0 Å². The lowest BCUT2D eigenvalue weighted by Crippen LogP contribution is -2.27. The van der Waals surface area contributed by atoms with Crippen LogP contribution in [-0.2, 0) is 36.1 Å². The van der Waals surface area contributed by atoms with E-state index >= 15 is 0 Å². The van der Waals surface area contributed by atoms with E-state index < -0.39 is 22.0 Å². The largest absolute Gasteiger partial charge is 0.497 e. The highest BCUT2D eigenvalue weighted by Gasteiger charge is 2.25. The van der Waals surface area contributed by atoms with E-state index in [4.69, 9.17) is 33.5 Å². The van der Waals surface area contributed by atoms with E-state index in [0.29, 0.717) is 46.5 Å². The van der Waals surface area contributed by atoms with E-state index in [1.807, 2.05) is 63.2 Å². The fourth-order valence-electron chi connectivity index (χ4n) is 6.00. The number of urea groups is 1. The normalized spacial score (nSPS) is 11.5. The van der Waals surface area contributed by atoms with Crippen LogP contribution in [0, 0.1) is 0 Å². The second-order valence-electron chi connectivity index (χ2n) is 14.5. The molecule has 0 bridgehead atoms. The fourth-order valence-corrected chi connectivity index (χ4v) is 6.49. The van der Waals surface area contributed by atoms with E-state index in [-0.39, 0.29) is 44.2 Å². The van der Waals surface area contributed by atoms with E-state index in [1.165, 1.54) is 14.2 Å². The first-order chi connectivity index (χ1) is 28.0. The Labute approximate surface area is 344 Å². The summed E-state index contributed by atoms with van der Waals surface area (Å²) in [5.41, 5.74) is 3.18. The standard InChI is InChI=1S/C43H50N4O11S/c1-43(2,3)29-23-37(41(54-6)38(24-29)47(4)59(7,51)52)46-42(50)45-36-12-13-39(35-11-9-8-10-34(35)36)58-31-14-15-44-30(25-31)20-28-21-32(53-5)26-33(22-28)57-19-18-55-16-17-56-27-40(48)49/h8-15,21-26H,16-20,27H2,1-7H3,(H,48,49)(H2,45,46,50). The first-order valence-corrected chi connectivity index (χ1v) is 20.5. The average Bonchev–Trinajstić information content (AvgIpc) is 3.18. The van der Waals surface area contributed by atoms with Gasteiger partial charge in [0.2, 0.25) is 10.0 Å². The third kappa shape index (κ3) is 12.2. The monoisotopic (exact) mass is 830 g/mol. The van der Waals surface area contributed by atoms with E-state index in [1.54, 1.807) is 49.7 Å². The topological polar surface area (TPSA) is 184 Å². The first kappa shape index (κ1) is 44.0. The molecule has 314 valence electrons. The number of carbonyl (C=O) groups excluding carboxylic acids is 1. The second-order valence-corrected chi connectivity index (χ2v) is 16.5. The number of carboxylic acid groups (broad SMARTS) is 1. The van der Waals surface area contributed by atoms with Gasteiger partial charge in [-0.3, -0.25) is 9.29 Å². The third-order valence-corrected chi connectivity index (χ3v) is 10.2. The van der Waals surface area contributed by atoms with Gasteiger partial charge in [0.25, 0.3) is 0 Å². The number of nitrogens with zero attached hydrogens (tertiary/aromatic N) is 2. The maximum Gasteiger partial charge on any atom is 0.329 e. The quantitative estimate of drug-likeness (QED) is 0.0699. The van der Waals surface area contributed by atoms with Crippen LogP contribution < -0.4 is 33.9 Å². The molecular weight excluding hydrogens is 781 g/mol. The Hall–Kier alpha value is -6.10. The zero-order valence-corrected chi connectivity index (χ0v) is 35.0. The summed E-state index contributed by atoms with van der Waals surface area (Å²) >= 11 is 0. The summed E-state index contributed by atoms with van der Waals surface area (Å²) in [6, 6.07) is 23.2. The van der Waals surface area contributed by atoms with Crippen molar-refractivity contribution in [1.82, 2.24) is 4.98 Å². The van der Waals surface area contributed by atoms with Crippen molar-refractivity contribution >= 4 is 49.9 Å². The molecule has 4 aromatic carbocycles. The number of carboxylic acids is 1. The number of anilines is 3. The summed E-state index contributed by atoms with van der Waals surface area (Å²) in [6.07, 6.45) is 3.23. The van der Waals surface area contributed by atoms with Gasteiger partial charge in [-0.25, -0.2) is 18.0 Å². The molecule has 2 amide bonds. The number of aliphatic carboxylic acids is 1. The van der Waals surface area contributed by atoms with Crippen LogP contribution in [0.5, 0.6) is 28.7 Å². The van der Waals surface area contributed by atoms with Crippen LogP contribution >= 0.6 is 0 Å². The molecule has 0 radical (unpaired) electrons.